The Balaban J connectivity index is 1.56. The Morgan fingerprint density at radius 1 is 0.872 bits per heavy atom. The molecule has 3 rings (SSSR count). The first-order chi connectivity index (χ1) is 19.0. The first-order valence-electron chi connectivity index (χ1n) is 13.2. The van der Waals surface area contributed by atoms with Gasteiger partial charge in [0.15, 0.2) is 23.0 Å². The van der Waals surface area contributed by atoms with E-state index in [4.69, 9.17) is 30.5 Å². The number of carbonyl (C=O) groups is 1. The number of hydrazone groups is 1. The van der Waals surface area contributed by atoms with Gasteiger partial charge in [-0.05, 0) is 47.9 Å². The van der Waals surface area contributed by atoms with E-state index in [0.717, 1.165) is 18.4 Å². The first kappa shape index (κ1) is 29.8. The van der Waals surface area contributed by atoms with Crippen LogP contribution < -0.4 is 24.4 Å². The van der Waals surface area contributed by atoms with Crippen molar-refractivity contribution in [3.8, 4) is 23.0 Å². The normalized spacial score (nSPS) is 10.9. The molecule has 0 unspecified atom stereocenters. The van der Waals surface area contributed by atoms with Gasteiger partial charge in [-0.15, -0.1) is 0 Å². The van der Waals surface area contributed by atoms with E-state index >= 15 is 0 Å². The number of ether oxygens (including phenoxy) is 4. The van der Waals surface area contributed by atoms with Crippen LogP contribution in [0.15, 0.2) is 65.8 Å². The van der Waals surface area contributed by atoms with Crippen molar-refractivity contribution in [2.24, 2.45) is 5.10 Å². The second-order valence-corrected chi connectivity index (χ2v) is 9.40. The molecule has 0 heterocycles. The van der Waals surface area contributed by atoms with Crippen molar-refractivity contribution >= 4 is 23.7 Å². The van der Waals surface area contributed by atoms with Gasteiger partial charge in [-0.2, -0.15) is 5.10 Å². The number of amides is 1. The standard InChI is InChI=1S/C31H37ClN2O5/c1-4-5-6-7-8-12-17-38-30-26(32)18-24(19-29(30)37-3)21-33-34-31(35)25-15-16-27(28(20-25)36-2)39-22-23-13-10-9-11-14-23/h9-11,13-16,18-21H,4-8,12,17,22H2,1-3H3,(H,34,35)/b33-21+. The number of rotatable bonds is 16. The molecule has 0 spiro atoms. The molecule has 0 aliphatic carbocycles. The SMILES string of the molecule is CCCCCCCCOc1c(Cl)cc(/C=N/NC(=O)c2ccc(OCc3ccccc3)c(OC)c2)cc1OC. The van der Waals surface area contributed by atoms with Crippen molar-refractivity contribution in [2.75, 3.05) is 20.8 Å². The first-order valence-corrected chi connectivity index (χ1v) is 13.6. The molecule has 39 heavy (non-hydrogen) atoms. The number of hydrogen-bond acceptors (Lipinski definition) is 6. The van der Waals surface area contributed by atoms with Crippen LogP contribution in [0.1, 0.15) is 66.9 Å². The zero-order valence-electron chi connectivity index (χ0n) is 22.9. The van der Waals surface area contributed by atoms with E-state index in [1.54, 1.807) is 37.4 Å². The minimum absolute atomic E-state index is 0.380. The summed E-state index contributed by atoms with van der Waals surface area (Å²) in [5.74, 6) is 1.63. The summed E-state index contributed by atoms with van der Waals surface area (Å²) in [7, 11) is 3.09. The smallest absolute Gasteiger partial charge is 0.271 e. The fraction of sp³-hybridized carbons (Fsp3) is 0.355. The van der Waals surface area contributed by atoms with Crippen molar-refractivity contribution in [3.63, 3.8) is 0 Å². The summed E-state index contributed by atoms with van der Waals surface area (Å²) in [5, 5.41) is 4.50. The van der Waals surface area contributed by atoms with Gasteiger partial charge in [0.05, 0.1) is 32.1 Å². The Morgan fingerprint density at radius 2 is 1.62 bits per heavy atom. The predicted molar refractivity (Wildman–Crippen MR) is 156 cm³/mol. The van der Waals surface area contributed by atoms with Crippen LogP contribution in [0.25, 0.3) is 0 Å². The Labute approximate surface area is 236 Å². The lowest BCUT2D eigenvalue weighted by Gasteiger charge is -2.13. The molecule has 7 nitrogen and oxygen atoms in total. The van der Waals surface area contributed by atoms with Crippen LogP contribution >= 0.6 is 11.6 Å². The lowest BCUT2D eigenvalue weighted by molar-refractivity contribution is 0.0954. The lowest BCUT2D eigenvalue weighted by Crippen LogP contribution is -2.17. The molecule has 0 fully saturated rings. The van der Waals surface area contributed by atoms with Crippen LogP contribution in [-0.4, -0.2) is 32.9 Å². The summed E-state index contributed by atoms with van der Waals surface area (Å²) in [6.07, 6.45) is 8.56. The summed E-state index contributed by atoms with van der Waals surface area (Å²) in [6.45, 7) is 3.17. The topological polar surface area (TPSA) is 78.4 Å². The van der Waals surface area contributed by atoms with Crippen LogP contribution in [0.4, 0.5) is 0 Å². The summed E-state index contributed by atoms with van der Waals surface area (Å²) >= 11 is 6.47. The fourth-order valence-electron chi connectivity index (χ4n) is 3.90. The molecule has 1 N–H and O–H groups in total. The number of methoxy groups -OCH3 is 2. The van der Waals surface area contributed by atoms with E-state index < -0.39 is 5.91 Å². The van der Waals surface area contributed by atoms with Crippen LogP contribution in [-0.2, 0) is 6.61 Å². The van der Waals surface area contributed by atoms with Gasteiger partial charge in [-0.1, -0.05) is 81.0 Å². The molecule has 8 heteroatoms. The number of halogens is 1. The Bertz CT molecular complexity index is 1220. The highest BCUT2D eigenvalue weighted by Gasteiger charge is 2.13. The zero-order valence-corrected chi connectivity index (χ0v) is 23.6. The van der Waals surface area contributed by atoms with Crippen molar-refractivity contribution in [2.45, 2.75) is 52.1 Å². The second-order valence-electron chi connectivity index (χ2n) is 8.99. The maximum Gasteiger partial charge on any atom is 0.271 e. The van der Waals surface area contributed by atoms with Crippen molar-refractivity contribution in [3.05, 3.63) is 82.4 Å². The predicted octanol–water partition coefficient (Wildman–Crippen LogP) is 7.44. The summed E-state index contributed by atoms with van der Waals surface area (Å²) in [6, 6.07) is 18.3. The highest BCUT2D eigenvalue weighted by atomic mass is 35.5. The van der Waals surface area contributed by atoms with Crippen molar-refractivity contribution in [1.29, 1.82) is 0 Å². The zero-order chi connectivity index (χ0) is 27.9. The van der Waals surface area contributed by atoms with E-state index in [1.165, 1.54) is 39.0 Å². The Kier molecular flexibility index (Phi) is 12.5. The molecule has 0 atom stereocenters. The molecule has 0 aromatic heterocycles. The van der Waals surface area contributed by atoms with Crippen molar-refractivity contribution in [1.82, 2.24) is 5.43 Å². The molecule has 0 saturated heterocycles. The number of nitrogens with one attached hydrogen (secondary N) is 1. The molecule has 1 amide bonds. The fourth-order valence-corrected chi connectivity index (χ4v) is 4.18. The Morgan fingerprint density at radius 3 is 2.36 bits per heavy atom. The molecule has 0 bridgehead atoms. The van der Waals surface area contributed by atoms with Gasteiger partial charge in [0.2, 0.25) is 0 Å². The van der Waals surface area contributed by atoms with E-state index in [-0.39, 0.29) is 0 Å². The van der Waals surface area contributed by atoms with E-state index in [0.29, 0.717) is 52.4 Å². The van der Waals surface area contributed by atoms with Crippen molar-refractivity contribution < 1.29 is 23.7 Å². The van der Waals surface area contributed by atoms with Gasteiger partial charge in [-0.3, -0.25) is 4.79 Å². The monoisotopic (exact) mass is 552 g/mol. The minimum Gasteiger partial charge on any atom is -0.493 e. The highest BCUT2D eigenvalue weighted by molar-refractivity contribution is 6.32. The molecule has 0 saturated carbocycles. The Hall–Kier alpha value is -3.71. The number of unbranched alkanes of at least 4 members (excludes halogenated alkanes) is 5. The van der Waals surface area contributed by atoms with Gasteiger partial charge >= 0.3 is 0 Å². The van der Waals surface area contributed by atoms with Crippen LogP contribution in [0.3, 0.4) is 0 Å². The maximum absolute atomic E-state index is 12.7. The number of hydrogen-bond donors (Lipinski definition) is 1. The van der Waals surface area contributed by atoms with E-state index in [9.17, 15) is 4.79 Å². The molecule has 0 aliphatic heterocycles. The average molecular weight is 553 g/mol. The summed E-state index contributed by atoms with van der Waals surface area (Å²) in [4.78, 5) is 12.7. The van der Waals surface area contributed by atoms with Gasteiger partial charge < -0.3 is 18.9 Å². The maximum atomic E-state index is 12.7. The molecule has 3 aromatic carbocycles. The van der Waals surface area contributed by atoms with Gasteiger partial charge in [0.25, 0.3) is 5.91 Å². The molecular formula is C31H37ClN2O5. The largest absolute Gasteiger partial charge is 0.493 e. The highest BCUT2D eigenvalue weighted by Crippen LogP contribution is 2.36. The van der Waals surface area contributed by atoms with Crippen LogP contribution in [0, 0.1) is 0 Å². The van der Waals surface area contributed by atoms with Gasteiger partial charge in [0.1, 0.15) is 6.61 Å². The quantitative estimate of drug-likeness (QED) is 0.113. The van der Waals surface area contributed by atoms with E-state index in [2.05, 4.69) is 17.5 Å². The molecular weight excluding hydrogens is 516 g/mol. The minimum atomic E-state index is -0.392. The number of carbonyl (C=O) groups excluding carboxylic acids is 1. The average Bonchev–Trinajstić information content (AvgIpc) is 2.96. The van der Waals surface area contributed by atoms with E-state index in [1.807, 2.05) is 30.3 Å². The molecule has 0 radical (unpaired) electrons. The molecule has 208 valence electrons. The third kappa shape index (κ3) is 9.52. The molecule has 0 aliphatic rings. The third-order valence-corrected chi connectivity index (χ3v) is 6.32. The van der Waals surface area contributed by atoms with Gasteiger partial charge in [-0.25, -0.2) is 5.43 Å². The number of nitrogens with zero attached hydrogens (tertiary/aromatic N) is 1. The number of benzene rings is 3. The summed E-state index contributed by atoms with van der Waals surface area (Å²) in [5.41, 5.74) is 4.60. The van der Waals surface area contributed by atoms with Crippen LogP contribution in [0.5, 0.6) is 23.0 Å². The van der Waals surface area contributed by atoms with Gasteiger partial charge in [0, 0.05) is 5.56 Å². The molecule has 3 aromatic rings. The van der Waals surface area contributed by atoms with Crippen LogP contribution in [0.2, 0.25) is 5.02 Å². The lowest BCUT2D eigenvalue weighted by atomic mass is 10.1. The third-order valence-electron chi connectivity index (χ3n) is 6.04. The summed E-state index contributed by atoms with van der Waals surface area (Å²) < 4.78 is 22.7. The second kappa shape index (κ2) is 16.3.